The second-order valence-corrected chi connectivity index (χ2v) is 6.10. The summed E-state index contributed by atoms with van der Waals surface area (Å²) in [5, 5.41) is 0. The third-order valence-corrected chi connectivity index (χ3v) is 4.27. The first kappa shape index (κ1) is 21.7. The molecule has 2 aromatic rings. The van der Waals surface area contributed by atoms with E-state index in [9.17, 15) is 19.2 Å². The highest BCUT2D eigenvalue weighted by atomic mass is 16.5. The maximum absolute atomic E-state index is 12.6. The molecule has 2 N–H and O–H groups in total. The van der Waals surface area contributed by atoms with Crippen LogP contribution in [0.4, 0.5) is 5.82 Å². The summed E-state index contributed by atoms with van der Waals surface area (Å²) in [7, 11) is 4.03. The van der Waals surface area contributed by atoms with Gasteiger partial charge in [0.05, 0.1) is 14.2 Å². The van der Waals surface area contributed by atoms with E-state index >= 15 is 0 Å². The van der Waals surface area contributed by atoms with Crippen molar-refractivity contribution in [3.8, 4) is 11.5 Å². The number of esters is 1. The molecule has 0 saturated heterocycles. The van der Waals surface area contributed by atoms with Crippen molar-refractivity contribution in [1.29, 1.82) is 0 Å². The van der Waals surface area contributed by atoms with Crippen LogP contribution in [-0.4, -0.2) is 41.7 Å². The Morgan fingerprint density at radius 1 is 1.14 bits per heavy atom. The Kier molecular flexibility index (Phi) is 6.81. The van der Waals surface area contributed by atoms with Gasteiger partial charge in [-0.05, 0) is 18.6 Å². The fraction of sp³-hybridized carbons (Fsp3) is 0.368. The lowest BCUT2D eigenvalue weighted by Gasteiger charge is -2.14. The smallest absolute Gasteiger partial charge is 0.342 e. The van der Waals surface area contributed by atoms with Crippen LogP contribution in [-0.2, 0) is 18.3 Å². The Bertz CT molecular complexity index is 1050. The monoisotopic (exact) mass is 405 g/mol. The van der Waals surface area contributed by atoms with E-state index in [4.69, 9.17) is 19.9 Å². The summed E-state index contributed by atoms with van der Waals surface area (Å²) in [6, 6.07) is 4.61. The van der Waals surface area contributed by atoms with Crippen LogP contribution >= 0.6 is 0 Å². The van der Waals surface area contributed by atoms with E-state index in [1.165, 1.54) is 27.3 Å². The molecule has 2 rings (SSSR count). The van der Waals surface area contributed by atoms with E-state index in [2.05, 4.69) is 0 Å². The minimum atomic E-state index is -0.847. The van der Waals surface area contributed by atoms with E-state index in [1.54, 1.807) is 12.1 Å². The number of para-hydroxylation sites is 1. The lowest BCUT2D eigenvalue weighted by Crippen LogP contribution is -2.43. The number of nitrogens with zero attached hydrogens (tertiary/aromatic N) is 2. The number of methoxy groups -OCH3 is 2. The number of ether oxygens (including phenoxy) is 3. The molecule has 156 valence electrons. The van der Waals surface area contributed by atoms with Crippen LogP contribution in [0.3, 0.4) is 0 Å². The average molecular weight is 405 g/mol. The van der Waals surface area contributed by atoms with Crippen LogP contribution in [0.15, 0.2) is 27.8 Å². The predicted octanol–water partition coefficient (Wildman–Crippen LogP) is 0.596. The molecule has 0 fully saturated rings. The zero-order chi connectivity index (χ0) is 21.7. The zero-order valence-electron chi connectivity index (χ0n) is 16.7. The number of nitrogens with two attached hydrogens (primary N) is 1. The van der Waals surface area contributed by atoms with E-state index in [0.717, 1.165) is 9.13 Å². The molecule has 0 unspecified atom stereocenters. The first-order chi connectivity index (χ1) is 13.8. The fourth-order valence-corrected chi connectivity index (χ4v) is 2.81. The third-order valence-electron chi connectivity index (χ3n) is 4.27. The normalized spacial score (nSPS) is 10.5. The standard InChI is InChI=1S/C19H23N3O7/c1-5-9-22-16(20)14(17(24)21(2)19(22)26)12(23)10-29-18(25)11-7-6-8-13(27-3)15(11)28-4/h6-8H,5,9-10,20H2,1-4H3. The average Bonchev–Trinajstić information content (AvgIpc) is 2.72. The number of ketones is 1. The second kappa shape index (κ2) is 9.09. The van der Waals surface area contributed by atoms with Crippen molar-refractivity contribution in [1.82, 2.24) is 9.13 Å². The number of nitrogen functional groups attached to an aromatic ring is 1. The summed E-state index contributed by atoms with van der Waals surface area (Å²) >= 11 is 0. The number of aromatic nitrogens is 2. The van der Waals surface area contributed by atoms with Gasteiger partial charge >= 0.3 is 11.7 Å². The Morgan fingerprint density at radius 3 is 2.41 bits per heavy atom. The van der Waals surface area contributed by atoms with Gasteiger partial charge in [0.25, 0.3) is 5.56 Å². The Hall–Kier alpha value is -3.56. The van der Waals surface area contributed by atoms with E-state index in [0.29, 0.717) is 12.2 Å². The molecule has 0 spiro atoms. The van der Waals surface area contributed by atoms with Gasteiger partial charge in [0.1, 0.15) is 16.9 Å². The SMILES string of the molecule is CCCn1c(N)c(C(=O)COC(=O)c2cccc(OC)c2OC)c(=O)n(C)c1=O. The van der Waals surface area contributed by atoms with Crippen LogP contribution in [0.25, 0.3) is 0 Å². The molecule has 1 heterocycles. The van der Waals surface area contributed by atoms with Gasteiger partial charge in [-0.2, -0.15) is 0 Å². The van der Waals surface area contributed by atoms with Crippen LogP contribution in [0, 0.1) is 0 Å². The Morgan fingerprint density at radius 2 is 1.83 bits per heavy atom. The number of Topliss-reactive ketones (excluding diaryl/α,β-unsaturated/α-hetero) is 1. The molecule has 10 heteroatoms. The molecule has 0 aliphatic rings. The molecule has 0 amide bonds. The largest absolute Gasteiger partial charge is 0.493 e. The minimum Gasteiger partial charge on any atom is -0.493 e. The minimum absolute atomic E-state index is 0.0523. The van der Waals surface area contributed by atoms with Gasteiger partial charge in [0.15, 0.2) is 18.1 Å². The number of rotatable bonds is 8. The summed E-state index contributed by atoms with van der Waals surface area (Å²) in [4.78, 5) is 49.5. The van der Waals surface area contributed by atoms with Crippen molar-refractivity contribution in [3.63, 3.8) is 0 Å². The molecule has 0 saturated carbocycles. The van der Waals surface area contributed by atoms with Crippen molar-refractivity contribution in [3.05, 3.63) is 50.2 Å². The number of hydrogen-bond acceptors (Lipinski definition) is 8. The molecule has 29 heavy (non-hydrogen) atoms. The van der Waals surface area contributed by atoms with Gasteiger partial charge in [0, 0.05) is 13.6 Å². The quantitative estimate of drug-likeness (QED) is 0.499. The van der Waals surface area contributed by atoms with Crippen LogP contribution < -0.4 is 26.5 Å². The Labute approximate surface area is 166 Å². The zero-order valence-corrected chi connectivity index (χ0v) is 16.7. The molecule has 10 nitrogen and oxygen atoms in total. The van der Waals surface area contributed by atoms with Gasteiger partial charge in [-0.3, -0.25) is 18.7 Å². The molecular weight excluding hydrogens is 382 g/mol. The van der Waals surface area contributed by atoms with Gasteiger partial charge in [-0.25, -0.2) is 9.59 Å². The van der Waals surface area contributed by atoms with E-state index in [1.807, 2.05) is 6.92 Å². The van der Waals surface area contributed by atoms with Crippen molar-refractivity contribution in [2.24, 2.45) is 7.05 Å². The summed E-state index contributed by atoms with van der Waals surface area (Å²) < 4.78 is 17.3. The van der Waals surface area contributed by atoms with E-state index in [-0.39, 0.29) is 23.7 Å². The fourth-order valence-electron chi connectivity index (χ4n) is 2.81. The van der Waals surface area contributed by atoms with Crippen LogP contribution in [0.2, 0.25) is 0 Å². The first-order valence-electron chi connectivity index (χ1n) is 8.79. The Balaban J connectivity index is 2.32. The lowest BCUT2D eigenvalue weighted by molar-refractivity contribution is 0.0470. The molecule has 0 bridgehead atoms. The number of benzene rings is 1. The van der Waals surface area contributed by atoms with Crippen molar-refractivity contribution in [2.75, 3.05) is 26.6 Å². The number of hydrogen-bond donors (Lipinski definition) is 1. The summed E-state index contributed by atoms with van der Waals surface area (Å²) in [5.41, 5.74) is 4.08. The maximum Gasteiger partial charge on any atom is 0.342 e. The highest BCUT2D eigenvalue weighted by molar-refractivity contribution is 6.02. The highest BCUT2D eigenvalue weighted by Gasteiger charge is 2.24. The molecule has 0 aliphatic carbocycles. The molecule has 1 aromatic carbocycles. The van der Waals surface area contributed by atoms with Crippen molar-refractivity contribution < 1.29 is 23.8 Å². The lowest BCUT2D eigenvalue weighted by atomic mass is 10.1. The summed E-state index contributed by atoms with van der Waals surface area (Å²) in [6.45, 7) is 1.32. The molecule has 0 aliphatic heterocycles. The van der Waals surface area contributed by atoms with Crippen molar-refractivity contribution >= 4 is 17.6 Å². The second-order valence-electron chi connectivity index (χ2n) is 6.10. The number of anilines is 1. The van der Waals surface area contributed by atoms with Gasteiger partial charge in [-0.15, -0.1) is 0 Å². The number of carbonyl (C=O) groups is 2. The van der Waals surface area contributed by atoms with Gasteiger partial charge < -0.3 is 19.9 Å². The third kappa shape index (κ3) is 4.15. The summed E-state index contributed by atoms with van der Waals surface area (Å²) in [5.74, 6) is -1.44. The molecular formula is C19H23N3O7. The molecule has 0 radical (unpaired) electrons. The van der Waals surface area contributed by atoms with Crippen LogP contribution in [0.5, 0.6) is 11.5 Å². The molecule has 0 atom stereocenters. The van der Waals surface area contributed by atoms with Crippen molar-refractivity contribution in [2.45, 2.75) is 19.9 Å². The first-order valence-corrected chi connectivity index (χ1v) is 8.79. The summed E-state index contributed by atoms with van der Waals surface area (Å²) in [6.07, 6.45) is 0.570. The number of carbonyl (C=O) groups excluding carboxylic acids is 2. The predicted molar refractivity (Wildman–Crippen MR) is 105 cm³/mol. The van der Waals surface area contributed by atoms with Gasteiger partial charge in [0.2, 0.25) is 5.78 Å². The molecule has 1 aromatic heterocycles. The topological polar surface area (TPSA) is 132 Å². The van der Waals surface area contributed by atoms with Crippen LogP contribution in [0.1, 0.15) is 34.1 Å². The van der Waals surface area contributed by atoms with E-state index < -0.39 is 35.2 Å². The van der Waals surface area contributed by atoms with Gasteiger partial charge in [-0.1, -0.05) is 13.0 Å². The maximum atomic E-state index is 12.6. The highest BCUT2D eigenvalue weighted by Crippen LogP contribution is 2.31.